The van der Waals surface area contributed by atoms with Gasteiger partial charge >= 0.3 is 5.97 Å². The van der Waals surface area contributed by atoms with Gasteiger partial charge in [0.05, 0.1) is 17.0 Å². The smallest absolute Gasteiger partial charge is 0.335 e. The normalized spacial score (nSPS) is 23.4. The van der Waals surface area contributed by atoms with Gasteiger partial charge < -0.3 is 10.4 Å². The molecule has 0 spiro atoms. The molecule has 0 amide bonds. The van der Waals surface area contributed by atoms with Gasteiger partial charge in [0, 0.05) is 6.20 Å². The Morgan fingerprint density at radius 3 is 2.88 bits per heavy atom. The third-order valence-corrected chi connectivity index (χ3v) is 2.50. The number of alkyl halides is 1. The standard InChI is InChI=1S/C12H11ClN2O2/c1-12(13)7-8(11(16)17)6-10(15-12)9-4-2-3-5-14-9/h2-7,15H,1H3,(H,16,17). The molecule has 1 aromatic rings. The van der Waals surface area contributed by atoms with Crippen molar-refractivity contribution in [1.82, 2.24) is 10.3 Å². The van der Waals surface area contributed by atoms with Crippen molar-refractivity contribution in [2.24, 2.45) is 0 Å². The monoisotopic (exact) mass is 250 g/mol. The topological polar surface area (TPSA) is 62.2 Å². The number of hydrogen-bond donors (Lipinski definition) is 2. The zero-order chi connectivity index (χ0) is 12.5. The van der Waals surface area contributed by atoms with Crippen LogP contribution in [-0.4, -0.2) is 21.1 Å². The van der Waals surface area contributed by atoms with E-state index >= 15 is 0 Å². The molecule has 88 valence electrons. The molecule has 17 heavy (non-hydrogen) atoms. The highest BCUT2D eigenvalue weighted by Crippen LogP contribution is 2.26. The zero-order valence-corrected chi connectivity index (χ0v) is 9.90. The number of nitrogens with zero attached hydrogens (tertiary/aromatic N) is 1. The summed E-state index contributed by atoms with van der Waals surface area (Å²) < 4.78 is 0. The summed E-state index contributed by atoms with van der Waals surface area (Å²) in [6.45, 7) is 1.69. The number of rotatable bonds is 2. The van der Waals surface area contributed by atoms with E-state index in [2.05, 4.69) is 10.3 Å². The first-order chi connectivity index (χ1) is 7.98. The molecule has 0 fully saturated rings. The van der Waals surface area contributed by atoms with Gasteiger partial charge in [0.2, 0.25) is 0 Å². The minimum absolute atomic E-state index is 0.155. The third kappa shape index (κ3) is 2.65. The first kappa shape index (κ1) is 11.7. The molecular formula is C12H11ClN2O2. The molecule has 0 saturated heterocycles. The Kier molecular flexibility index (Phi) is 2.90. The van der Waals surface area contributed by atoms with Crippen LogP contribution in [0.4, 0.5) is 0 Å². The number of halogens is 1. The number of carboxylic acid groups (broad SMARTS) is 1. The van der Waals surface area contributed by atoms with Crippen molar-refractivity contribution < 1.29 is 9.90 Å². The third-order valence-electron chi connectivity index (χ3n) is 2.29. The van der Waals surface area contributed by atoms with Crippen molar-refractivity contribution in [3.8, 4) is 0 Å². The van der Waals surface area contributed by atoms with Crippen LogP contribution in [0.25, 0.3) is 5.70 Å². The van der Waals surface area contributed by atoms with Crippen molar-refractivity contribution in [1.29, 1.82) is 0 Å². The lowest BCUT2D eigenvalue weighted by Gasteiger charge is -2.27. The van der Waals surface area contributed by atoms with Crippen molar-refractivity contribution in [2.45, 2.75) is 11.9 Å². The number of aromatic nitrogens is 1. The van der Waals surface area contributed by atoms with E-state index in [9.17, 15) is 4.79 Å². The van der Waals surface area contributed by atoms with E-state index < -0.39 is 11.0 Å². The molecule has 4 nitrogen and oxygen atoms in total. The fourth-order valence-corrected chi connectivity index (χ4v) is 1.83. The number of carbonyl (C=O) groups is 1. The van der Waals surface area contributed by atoms with Crippen LogP contribution >= 0.6 is 11.6 Å². The number of aliphatic carboxylic acids is 1. The second-order valence-corrected chi connectivity index (χ2v) is 4.66. The summed E-state index contributed by atoms with van der Waals surface area (Å²) in [5.41, 5.74) is 1.41. The van der Waals surface area contributed by atoms with Gasteiger partial charge in [-0.2, -0.15) is 0 Å². The lowest BCUT2D eigenvalue weighted by Crippen LogP contribution is -2.36. The molecule has 0 aromatic carbocycles. The molecule has 1 aliphatic heterocycles. The Morgan fingerprint density at radius 2 is 2.29 bits per heavy atom. The van der Waals surface area contributed by atoms with Crippen molar-refractivity contribution in [3.05, 3.63) is 47.8 Å². The summed E-state index contributed by atoms with van der Waals surface area (Å²) in [4.78, 5) is 14.2. The van der Waals surface area contributed by atoms with E-state index in [4.69, 9.17) is 16.7 Å². The SMILES string of the molecule is CC1(Cl)C=C(C(=O)O)C=C(c2ccccn2)N1. The Bertz CT molecular complexity index is 506. The van der Waals surface area contributed by atoms with Crippen molar-refractivity contribution >= 4 is 23.3 Å². The molecule has 2 rings (SSSR count). The largest absolute Gasteiger partial charge is 0.478 e. The lowest BCUT2D eigenvalue weighted by atomic mass is 10.0. The van der Waals surface area contributed by atoms with Crippen LogP contribution in [0, 0.1) is 0 Å². The Hall–Kier alpha value is -1.81. The quantitative estimate of drug-likeness (QED) is 0.623. The van der Waals surface area contributed by atoms with E-state index in [1.807, 2.05) is 6.07 Å². The summed E-state index contributed by atoms with van der Waals surface area (Å²) in [6, 6.07) is 5.41. The van der Waals surface area contributed by atoms with Gasteiger partial charge in [-0.3, -0.25) is 4.98 Å². The zero-order valence-electron chi connectivity index (χ0n) is 9.14. The van der Waals surface area contributed by atoms with E-state index in [1.54, 1.807) is 25.3 Å². The number of dihydropyridines is 1. The molecule has 1 aromatic heterocycles. The van der Waals surface area contributed by atoms with Gasteiger partial charge in [0.1, 0.15) is 5.00 Å². The van der Waals surface area contributed by atoms with E-state index in [0.717, 1.165) is 0 Å². The first-order valence-corrected chi connectivity index (χ1v) is 5.42. The molecule has 2 heterocycles. The lowest BCUT2D eigenvalue weighted by molar-refractivity contribution is -0.132. The molecule has 0 saturated carbocycles. The van der Waals surface area contributed by atoms with Crippen LogP contribution in [0.15, 0.2) is 42.1 Å². The molecule has 0 radical (unpaired) electrons. The van der Waals surface area contributed by atoms with E-state index in [0.29, 0.717) is 11.4 Å². The first-order valence-electron chi connectivity index (χ1n) is 5.04. The molecule has 0 bridgehead atoms. The van der Waals surface area contributed by atoms with Crippen LogP contribution in [0.1, 0.15) is 12.6 Å². The van der Waals surface area contributed by atoms with E-state index in [1.165, 1.54) is 12.2 Å². The van der Waals surface area contributed by atoms with E-state index in [-0.39, 0.29) is 5.57 Å². The second kappa shape index (κ2) is 4.22. The summed E-state index contributed by atoms with van der Waals surface area (Å²) in [5, 5.41) is 12.0. The molecule has 5 heteroatoms. The second-order valence-electron chi connectivity index (χ2n) is 3.88. The van der Waals surface area contributed by atoms with Gasteiger partial charge in [-0.1, -0.05) is 17.7 Å². The summed E-state index contributed by atoms with van der Waals surface area (Å²) in [7, 11) is 0. The van der Waals surface area contributed by atoms with Gasteiger partial charge in [0.15, 0.2) is 0 Å². The summed E-state index contributed by atoms with van der Waals surface area (Å²) in [5.74, 6) is -1.01. The number of hydrogen-bond acceptors (Lipinski definition) is 3. The maximum Gasteiger partial charge on any atom is 0.335 e. The molecule has 1 atom stereocenters. The minimum Gasteiger partial charge on any atom is -0.478 e. The molecular weight excluding hydrogens is 240 g/mol. The van der Waals surface area contributed by atoms with Crippen LogP contribution in [-0.2, 0) is 4.79 Å². The molecule has 1 unspecified atom stereocenters. The Labute approximate surface area is 104 Å². The van der Waals surface area contributed by atoms with Crippen molar-refractivity contribution in [2.75, 3.05) is 0 Å². The Morgan fingerprint density at radius 1 is 1.53 bits per heavy atom. The average Bonchev–Trinajstić information content (AvgIpc) is 2.28. The predicted octanol–water partition coefficient (Wildman–Crippen LogP) is 1.99. The van der Waals surface area contributed by atoms with Crippen molar-refractivity contribution in [3.63, 3.8) is 0 Å². The predicted molar refractivity (Wildman–Crippen MR) is 65.3 cm³/mol. The van der Waals surface area contributed by atoms with Gasteiger partial charge in [0.25, 0.3) is 0 Å². The number of nitrogens with one attached hydrogen (secondary N) is 1. The minimum atomic E-state index is -1.01. The molecule has 2 N–H and O–H groups in total. The highest BCUT2D eigenvalue weighted by atomic mass is 35.5. The fraction of sp³-hybridized carbons (Fsp3) is 0.167. The molecule has 0 aliphatic carbocycles. The fourth-order valence-electron chi connectivity index (χ4n) is 1.61. The number of carboxylic acids is 1. The summed E-state index contributed by atoms with van der Waals surface area (Å²) >= 11 is 6.14. The van der Waals surface area contributed by atoms with Gasteiger partial charge in [-0.15, -0.1) is 0 Å². The van der Waals surface area contributed by atoms with Gasteiger partial charge in [-0.05, 0) is 31.2 Å². The highest BCUT2D eigenvalue weighted by molar-refractivity contribution is 6.26. The molecule has 1 aliphatic rings. The highest BCUT2D eigenvalue weighted by Gasteiger charge is 2.26. The maximum atomic E-state index is 11.0. The van der Waals surface area contributed by atoms with Crippen LogP contribution in [0.3, 0.4) is 0 Å². The Balaban J connectivity index is 2.43. The number of pyridine rings is 1. The summed E-state index contributed by atoms with van der Waals surface area (Å²) in [6.07, 6.45) is 4.63. The van der Waals surface area contributed by atoms with Crippen LogP contribution in [0.5, 0.6) is 0 Å². The van der Waals surface area contributed by atoms with Crippen LogP contribution in [0.2, 0.25) is 0 Å². The van der Waals surface area contributed by atoms with Crippen LogP contribution < -0.4 is 5.32 Å². The van der Waals surface area contributed by atoms with Gasteiger partial charge in [-0.25, -0.2) is 4.79 Å². The average molecular weight is 251 g/mol. The maximum absolute atomic E-state index is 11.0.